The number of nitrogens with zero attached hydrogens (tertiary/aromatic N) is 1. The second-order valence-electron chi connectivity index (χ2n) is 6.65. The van der Waals surface area contributed by atoms with Crippen LogP contribution in [0, 0.1) is 14.9 Å². The number of halogens is 2. The Kier molecular flexibility index (Phi) is 8.54. The summed E-state index contributed by atoms with van der Waals surface area (Å²) in [6.07, 6.45) is 1.55. The smallest absolute Gasteiger partial charge is 0.266 e. The second kappa shape index (κ2) is 11.6. The van der Waals surface area contributed by atoms with Crippen molar-refractivity contribution in [3.05, 3.63) is 92.0 Å². The van der Waals surface area contributed by atoms with Crippen LogP contribution in [0.3, 0.4) is 0 Å². The number of carbonyl (C=O) groups is 1. The lowest BCUT2D eigenvalue weighted by Crippen LogP contribution is -2.13. The van der Waals surface area contributed by atoms with E-state index in [1.165, 1.54) is 0 Å². The van der Waals surface area contributed by atoms with Crippen molar-refractivity contribution in [3.8, 4) is 17.6 Å². The fourth-order valence-electron chi connectivity index (χ4n) is 2.81. The summed E-state index contributed by atoms with van der Waals surface area (Å²) in [5.74, 6) is 0.929. The van der Waals surface area contributed by atoms with E-state index in [1.807, 2.05) is 49.4 Å². The van der Waals surface area contributed by atoms with Crippen LogP contribution >= 0.6 is 34.2 Å². The summed E-state index contributed by atoms with van der Waals surface area (Å²) in [7, 11) is 0. The zero-order valence-corrected chi connectivity index (χ0v) is 20.2. The molecule has 0 heterocycles. The molecule has 1 N–H and O–H groups in total. The maximum Gasteiger partial charge on any atom is 0.266 e. The molecule has 0 radical (unpaired) electrons. The van der Waals surface area contributed by atoms with Crippen molar-refractivity contribution in [3.63, 3.8) is 0 Å². The van der Waals surface area contributed by atoms with Crippen LogP contribution in [-0.2, 0) is 11.4 Å². The van der Waals surface area contributed by atoms with Gasteiger partial charge in [0.2, 0.25) is 0 Å². The average Bonchev–Trinajstić information content (AvgIpc) is 2.79. The fourth-order valence-corrected chi connectivity index (χ4v) is 3.70. The number of nitrogens with one attached hydrogen (secondary N) is 1. The summed E-state index contributed by atoms with van der Waals surface area (Å²) < 4.78 is 12.1. The van der Waals surface area contributed by atoms with Crippen molar-refractivity contribution in [1.82, 2.24) is 0 Å². The molecule has 3 aromatic rings. The van der Waals surface area contributed by atoms with Gasteiger partial charge in [-0.1, -0.05) is 35.9 Å². The third kappa shape index (κ3) is 6.49. The molecule has 0 spiro atoms. The molecule has 3 rings (SSSR count). The van der Waals surface area contributed by atoms with Gasteiger partial charge < -0.3 is 14.8 Å². The van der Waals surface area contributed by atoms with Crippen LogP contribution in [0.5, 0.6) is 11.5 Å². The summed E-state index contributed by atoms with van der Waals surface area (Å²) >= 11 is 8.33. The second-order valence-corrected chi connectivity index (χ2v) is 8.22. The highest BCUT2D eigenvalue weighted by Gasteiger charge is 2.11. The van der Waals surface area contributed by atoms with Crippen LogP contribution in [0.4, 0.5) is 5.69 Å². The average molecular weight is 559 g/mol. The van der Waals surface area contributed by atoms with Gasteiger partial charge in [0.15, 0.2) is 0 Å². The van der Waals surface area contributed by atoms with E-state index in [9.17, 15) is 10.1 Å². The number of benzene rings is 3. The highest BCUT2D eigenvalue weighted by molar-refractivity contribution is 14.1. The maximum absolute atomic E-state index is 12.5. The molecule has 0 atom stereocenters. The summed E-state index contributed by atoms with van der Waals surface area (Å²) in [5.41, 5.74) is 2.20. The summed E-state index contributed by atoms with van der Waals surface area (Å²) in [4.78, 5) is 12.5. The molecule has 7 heteroatoms. The number of nitriles is 1. The molecule has 0 saturated carbocycles. The van der Waals surface area contributed by atoms with Gasteiger partial charge >= 0.3 is 0 Å². The first kappa shape index (κ1) is 23.6. The highest BCUT2D eigenvalue weighted by atomic mass is 127. The number of ether oxygens (including phenoxy) is 2. The number of hydrogen-bond donors (Lipinski definition) is 1. The molecule has 0 bridgehead atoms. The molecule has 0 aliphatic rings. The highest BCUT2D eigenvalue weighted by Crippen LogP contribution is 2.26. The molecule has 0 unspecified atom stereocenters. The Morgan fingerprint density at radius 1 is 1.12 bits per heavy atom. The number of anilines is 1. The maximum atomic E-state index is 12.5. The molecule has 0 aliphatic heterocycles. The van der Waals surface area contributed by atoms with E-state index >= 15 is 0 Å². The van der Waals surface area contributed by atoms with Gasteiger partial charge in [0.1, 0.15) is 29.7 Å². The Balaban J connectivity index is 1.68. The Morgan fingerprint density at radius 2 is 1.88 bits per heavy atom. The van der Waals surface area contributed by atoms with E-state index in [1.54, 1.807) is 36.4 Å². The lowest BCUT2D eigenvalue weighted by molar-refractivity contribution is -0.112. The Bertz CT molecular complexity index is 1170. The van der Waals surface area contributed by atoms with Gasteiger partial charge in [-0.05, 0) is 83.6 Å². The third-order valence-corrected chi connectivity index (χ3v) is 5.61. The third-order valence-electron chi connectivity index (χ3n) is 4.40. The standard InChI is InChI=1S/C25H20ClIN2O3/c1-2-31-21-10-8-20(9-11-21)29-25(30)19(15-28)13-17-7-12-24(23(27)14-17)32-16-18-5-3-4-6-22(18)26/h3-14H,2,16H2,1H3,(H,29,30)/b19-13-. The van der Waals surface area contributed by atoms with Crippen molar-refractivity contribution in [2.45, 2.75) is 13.5 Å². The number of rotatable bonds is 8. The van der Waals surface area contributed by atoms with Gasteiger partial charge in [-0.25, -0.2) is 0 Å². The molecule has 0 aromatic heterocycles. The molecule has 0 fully saturated rings. The topological polar surface area (TPSA) is 71.3 Å². The molecule has 5 nitrogen and oxygen atoms in total. The summed E-state index contributed by atoms with van der Waals surface area (Å²) in [6.45, 7) is 2.81. The lowest BCUT2D eigenvalue weighted by atomic mass is 10.1. The van der Waals surface area contributed by atoms with Crippen LogP contribution in [0.25, 0.3) is 6.08 Å². The Morgan fingerprint density at radius 3 is 2.53 bits per heavy atom. The first-order chi connectivity index (χ1) is 15.5. The molecule has 162 valence electrons. The quantitative estimate of drug-likeness (QED) is 0.195. The number of amides is 1. The molecule has 3 aromatic carbocycles. The molecule has 1 amide bonds. The van der Waals surface area contributed by atoms with E-state index in [4.69, 9.17) is 21.1 Å². The van der Waals surface area contributed by atoms with Crippen molar-refractivity contribution >= 4 is 51.9 Å². The van der Waals surface area contributed by atoms with Crippen LogP contribution in [0.1, 0.15) is 18.1 Å². The van der Waals surface area contributed by atoms with Crippen LogP contribution in [0.15, 0.2) is 72.3 Å². The zero-order valence-electron chi connectivity index (χ0n) is 17.3. The van der Waals surface area contributed by atoms with Crippen molar-refractivity contribution in [2.75, 3.05) is 11.9 Å². The van der Waals surface area contributed by atoms with E-state index in [0.29, 0.717) is 35.4 Å². The predicted molar refractivity (Wildman–Crippen MR) is 135 cm³/mol. The summed E-state index contributed by atoms with van der Waals surface area (Å²) in [6, 6.07) is 21.9. The number of carbonyl (C=O) groups excluding carboxylic acids is 1. The van der Waals surface area contributed by atoms with E-state index < -0.39 is 5.91 Å². The molecular formula is C25H20ClIN2O3. The van der Waals surface area contributed by atoms with Gasteiger partial charge in [-0.2, -0.15) is 5.26 Å². The van der Waals surface area contributed by atoms with Gasteiger partial charge in [0.05, 0.1) is 10.2 Å². The Hall–Kier alpha value is -3.02. The van der Waals surface area contributed by atoms with Crippen LogP contribution < -0.4 is 14.8 Å². The zero-order chi connectivity index (χ0) is 22.9. The molecule has 32 heavy (non-hydrogen) atoms. The fraction of sp³-hybridized carbons (Fsp3) is 0.120. The molecular weight excluding hydrogens is 539 g/mol. The van der Waals surface area contributed by atoms with E-state index in [0.717, 1.165) is 14.7 Å². The Labute approximate surface area is 205 Å². The SMILES string of the molecule is CCOc1ccc(NC(=O)/C(C#N)=C\c2ccc(OCc3ccccc3Cl)c(I)c2)cc1. The van der Waals surface area contributed by atoms with E-state index in [2.05, 4.69) is 27.9 Å². The molecule has 0 aliphatic carbocycles. The minimum atomic E-state index is -0.481. The van der Waals surface area contributed by atoms with Crippen molar-refractivity contribution < 1.29 is 14.3 Å². The van der Waals surface area contributed by atoms with Crippen LogP contribution in [-0.4, -0.2) is 12.5 Å². The number of hydrogen-bond acceptors (Lipinski definition) is 4. The summed E-state index contributed by atoms with van der Waals surface area (Å²) in [5, 5.41) is 12.9. The minimum Gasteiger partial charge on any atom is -0.494 e. The molecule has 0 saturated heterocycles. The van der Waals surface area contributed by atoms with Crippen molar-refractivity contribution in [2.24, 2.45) is 0 Å². The van der Waals surface area contributed by atoms with Gasteiger partial charge in [-0.15, -0.1) is 0 Å². The van der Waals surface area contributed by atoms with E-state index in [-0.39, 0.29) is 5.57 Å². The normalized spacial score (nSPS) is 10.9. The van der Waals surface area contributed by atoms with Gasteiger partial charge in [0, 0.05) is 16.3 Å². The van der Waals surface area contributed by atoms with Crippen LogP contribution in [0.2, 0.25) is 5.02 Å². The first-order valence-corrected chi connectivity index (χ1v) is 11.3. The first-order valence-electron chi connectivity index (χ1n) is 9.82. The largest absolute Gasteiger partial charge is 0.494 e. The monoisotopic (exact) mass is 558 g/mol. The van der Waals surface area contributed by atoms with Crippen molar-refractivity contribution in [1.29, 1.82) is 5.26 Å². The predicted octanol–water partition coefficient (Wildman–Crippen LogP) is 6.47. The lowest BCUT2D eigenvalue weighted by Gasteiger charge is -2.10. The minimum absolute atomic E-state index is 0.000537. The van der Waals surface area contributed by atoms with Gasteiger partial charge in [-0.3, -0.25) is 4.79 Å². The van der Waals surface area contributed by atoms with Gasteiger partial charge in [0.25, 0.3) is 5.91 Å².